The van der Waals surface area contributed by atoms with Gasteiger partial charge in [0.1, 0.15) is 5.82 Å². The van der Waals surface area contributed by atoms with Crippen LogP contribution in [-0.2, 0) is 0 Å². The molecule has 0 saturated carbocycles. The molecule has 1 unspecified atom stereocenters. The van der Waals surface area contributed by atoms with Gasteiger partial charge in [-0.3, -0.25) is 0 Å². The molecular weight excluding hydrogens is 237 g/mol. The van der Waals surface area contributed by atoms with Crippen molar-refractivity contribution in [3.05, 3.63) is 76.7 Å². The van der Waals surface area contributed by atoms with Crippen LogP contribution >= 0.6 is 0 Å². The Morgan fingerprint density at radius 3 is 2.63 bits per heavy atom. The normalized spacial score (nSPS) is 17.4. The van der Waals surface area contributed by atoms with Crippen molar-refractivity contribution in [3.63, 3.8) is 0 Å². The second kappa shape index (κ2) is 4.54. The van der Waals surface area contributed by atoms with E-state index in [4.69, 9.17) is 0 Å². The van der Waals surface area contributed by atoms with Crippen molar-refractivity contribution in [3.8, 4) is 0 Å². The molecule has 2 aromatic rings. The van der Waals surface area contributed by atoms with Gasteiger partial charge in [-0.25, -0.2) is 4.39 Å². The van der Waals surface area contributed by atoms with Crippen LogP contribution in [0.5, 0.6) is 0 Å². The predicted octanol–water partition coefficient (Wildman–Crippen LogP) is 4.14. The molecule has 0 saturated heterocycles. The van der Waals surface area contributed by atoms with E-state index in [1.807, 2.05) is 19.1 Å². The van der Waals surface area contributed by atoms with E-state index in [9.17, 15) is 4.39 Å². The summed E-state index contributed by atoms with van der Waals surface area (Å²) < 4.78 is 13.3. The van der Waals surface area contributed by atoms with Crippen LogP contribution in [0.3, 0.4) is 0 Å². The fourth-order valence-corrected chi connectivity index (χ4v) is 2.75. The highest BCUT2D eigenvalue weighted by Gasteiger charge is 2.23. The zero-order valence-electron chi connectivity index (χ0n) is 11.1. The number of hydrogen-bond donors (Lipinski definition) is 0. The first kappa shape index (κ1) is 12.0. The molecule has 0 fully saturated rings. The van der Waals surface area contributed by atoms with E-state index in [2.05, 4.69) is 42.4 Å². The van der Waals surface area contributed by atoms with E-state index in [0.29, 0.717) is 0 Å². The van der Waals surface area contributed by atoms with Crippen molar-refractivity contribution >= 4 is 6.08 Å². The predicted molar refractivity (Wildman–Crippen MR) is 76.2 cm³/mol. The maximum Gasteiger partial charge on any atom is 0.123 e. The molecule has 1 atom stereocenters. The van der Waals surface area contributed by atoms with Gasteiger partial charge in [-0.05, 0) is 47.4 Å². The molecule has 0 aliphatic carbocycles. The topological polar surface area (TPSA) is 3.24 Å². The van der Waals surface area contributed by atoms with Gasteiger partial charge in [0.15, 0.2) is 0 Å². The Balaban J connectivity index is 2.16. The highest BCUT2D eigenvalue weighted by atomic mass is 19.1. The van der Waals surface area contributed by atoms with Gasteiger partial charge in [0.2, 0.25) is 0 Å². The zero-order chi connectivity index (χ0) is 13.4. The third kappa shape index (κ3) is 2.03. The molecule has 0 bridgehead atoms. The smallest absolute Gasteiger partial charge is 0.123 e. The molecule has 2 aromatic carbocycles. The summed E-state index contributed by atoms with van der Waals surface area (Å²) in [5.41, 5.74) is 4.64. The monoisotopic (exact) mass is 253 g/mol. The molecule has 2 heteroatoms. The Hall–Kier alpha value is -2.09. The average molecular weight is 253 g/mol. The van der Waals surface area contributed by atoms with Crippen molar-refractivity contribution in [1.82, 2.24) is 4.90 Å². The van der Waals surface area contributed by atoms with Gasteiger partial charge in [-0.2, -0.15) is 0 Å². The Kier molecular flexibility index (Phi) is 2.86. The Morgan fingerprint density at radius 2 is 1.84 bits per heavy atom. The van der Waals surface area contributed by atoms with Crippen LogP contribution in [0.15, 0.2) is 48.7 Å². The first-order valence-corrected chi connectivity index (χ1v) is 6.42. The number of benzene rings is 2. The summed E-state index contributed by atoms with van der Waals surface area (Å²) in [6.07, 6.45) is 4.19. The maximum atomic E-state index is 13.3. The summed E-state index contributed by atoms with van der Waals surface area (Å²) in [7, 11) is 2.06. The van der Waals surface area contributed by atoms with Crippen LogP contribution in [0.1, 0.15) is 28.3 Å². The number of hydrogen-bond acceptors (Lipinski definition) is 1. The molecule has 1 nitrogen and oxygen atoms in total. The van der Waals surface area contributed by atoms with E-state index in [1.165, 1.54) is 17.2 Å². The lowest BCUT2D eigenvalue weighted by atomic mass is 9.89. The molecule has 0 N–H and O–H groups in total. The second-order valence-electron chi connectivity index (χ2n) is 5.01. The van der Waals surface area contributed by atoms with Crippen molar-refractivity contribution in [2.45, 2.75) is 13.0 Å². The minimum atomic E-state index is -0.177. The molecule has 3 rings (SSSR count). The van der Waals surface area contributed by atoms with Crippen LogP contribution < -0.4 is 0 Å². The lowest BCUT2D eigenvalue weighted by Gasteiger charge is -2.33. The van der Waals surface area contributed by atoms with Gasteiger partial charge in [0.05, 0.1) is 6.04 Å². The van der Waals surface area contributed by atoms with Gasteiger partial charge < -0.3 is 4.90 Å². The second-order valence-corrected chi connectivity index (χ2v) is 5.01. The molecule has 1 aliphatic rings. The van der Waals surface area contributed by atoms with Crippen LogP contribution in [0.4, 0.5) is 4.39 Å². The number of rotatable bonds is 1. The van der Waals surface area contributed by atoms with Crippen LogP contribution in [0.25, 0.3) is 6.08 Å². The number of halogens is 1. The lowest BCUT2D eigenvalue weighted by Crippen LogP contribution is -2.24. The molecular formula is C17H16FN. The van der Waals surface area contributed by atoms with Crippen molar-refractivity contribution in [2.75, 3.05) is 7.05 Å². The summed E-state index contributed by atoms with van der Waals surface area (Å²) in [5.74, 6) is -0.177. The summed E-state index contributed by atoms with van der Waals surface area (Å²) in [4.78, 5) is 2.17. The summed E-state index contributed by atoms with van der Waals surface area (Å²) in [5, 5.41) is 0. The maximum absolute atomic E-state index is 13.3. The first-order chi connectivity index (χ1) is 9.16. The van der Waals surface area contributed by atoms with Crippen molar-refractivity contribution < 1.29 is 4.39 Å². The highest BCUT2D eigenvalue weighted by Crippen LogP contribution is 2.35. The highest BCUT2D eigenvalue weighted by molar-refractivity contribution is 5.59. The summed E-state index contributed by atoms with van der Waals surface area (Å²) in [6.45, 7) is 1.97. The Morgan fingerprint density at radius 1 is 1.05 bits per heavy atom. The number of aryl methyl sites for hydroxylation is 1. The van der Waals surface area contributed by atoms with Crippen molar-refractivity contribution in [2.24, 2.45) is 0 Å². The van der Waals surface area contributed by atoms with E-state index < -0.39 is 0 Å². The molecule has 0 amide bonds. The van der Waals surface area contributed by atoms with Crippen LogP contribution in [0, 0.1) is 12.7 Å². The third-order valence-corrected chi connectivity index (χ3v) is 3.71. The van der Waals surface area contributed by atoms with E-state index in [0.717, 1.165) is 11.1 Å². The average Bonchev–Trinajstić information content (AvgIpc) is 2.40. The molecule has 19 heavy (non-hydrogen) atoms. The standard InChI is InChI=1S/C17H16FN/c1-12-11-14(18)7-8-15(12)17-16-6-4-3-5-13(16)9-10-19(17)2/h3-11,17H,1-2H3. The largest absolute Gasteiger partial charge is 0.369 e. The fourth-order valence-electron chi connectivity index (χ4n) is 2.75. The fraction of sp³-hybridized carbons (Fsp3) is 0.176. The zero-order valence-corrected chi connectivity index (χ0v) is 11.1. The van der Waals surface area contributed by atoms with Gasteiger partial charge in [-0.1, -0.05) is 30.3 Å². The van der Waals surface area contributed by atoms with E-state index in [-0.39, 0.29) is 11.9 Å². The SMILES string of the molecule is Cc1cc(F)ccc1C1c2ccccc2C=CN1C. The summed E-state index contributed by atoms with van der Waals surface area (Å²) >= 11 is 0. The van der Waals surface area contributed by atoms with Gasteiger partial charge in [0, 0.05) is 13.2 Å². The molecule has 0 radical (unpaired) electrons. The van der Waals surface area contributed by atoms with E-state index in [1.54, 1.807) is 6.07 Å². The minimum Gasteiger partial charge on any atom is -0.369 e. The number of fused-ring (bicyclic) bond motifs is 1. The minimum absolute atomic E-state index is 0.154. The molecule has 96 valence electrons. The molecule has 0 aromatic heterocycles. The lowest BCUT2D eigenvalue weighted by molar-refractivity contribution is 0.379. The van der Waals surface area contributed by atoms with Gasteiger partial charge in [-0.15, -0.1) is 0 Å². The molecule has 1 heterocycles. The van der Waals surface area contributed by atoms with Gasteiger partial charge >= 0.3 is 0 Å². The molecule has 0 spiro atoms. The van der Waals surface area contributed by atoms with Crippen LogP contribution in [-0.4, -0.2) is 11.9 Å². The Bertz CT molecular complexity index is 645. The quantitative estimate of drug-likeness (QED) is 0.738. The van der Waals surface area contributed by atoms with Crippen LogP contribution in [0.2, 0.25) is 0 Å². The molecule has 1 aliphatic heterocycles. The number of nitrogens with zero attached hydrogens (tertiary/aromatic N) is 1. The van der Waals surface area contributed by atoms with Gasteiger partial charge in [0.25, 0.3) is 0 Å². The Labute approximate surface area is 113 Å². The summed E-state index contributed by atoms with van der Waals surface area (Å²) in [6, 6.07) is 13.5. The van der Waals surface area contributed by atoms with Crippen molar-refractivity contribution in [1.29, 1.82) is 0 Å². The third-order valence-electron chi connectivity index (χ3n) is 3.71. The van der Waals surface area contributed by atoms with E-state index >= 15 is 0 Å². The first-order valence-electron chi connectivity index (χ1n) is 6.42.